The SMILES string of the molecule is CC/C=C\C/C=C\C/C=C\C/C=C\CCCCCCCCCCCCCCCCCCCCCCCCCCCCC(=O)NC(COC1OC(CO)C(OC2OC(CO)C(O)C(O)C2O)C(O)C1O)C(O)CCCCCCCCCCCCCCCCCCCCCCC. The molecule has 14 heteroatoms. The summed E-state index contributed by atoms with van der Waals surface area (Å²) in [6, 6.07) is -0.828. The first-order valence-electron chi connectivity index (χ1n) is 39.9. The van der Waals surface area contributed by atoms with Gasteiger partial charge in [-0.15, -0.1) is 0 Å². The predicted octanol–water partition coefficient (Wildman–Crippen LogP) is 17.8. The number of aliphatic hydroxyl groups is 8. The van der Waals surface area contributed by atoms with Gasteiger partial charge >= 0.3 is 0 Å². The first-order chi connectivity index (χ1) is 46.1. The van der Waals surface area contributed by atoms with Crippen molar-refractivity contribution in [3.8, 4) is 0 Å². The van der Waals surface area contributed by atoms with Crippen LogP contribution in [0.25, 0.3) is 0 Å². The Hall–Kier alpha value is -2.05. The number of aliphatic hydroxyl groups excluding tert-OH is 8. The van der Waals surface area contributed by atoms with Gasteiger partial charge in [0.2, 0.25) is 5.91 Å². The lowest BCUT2D eigenvalue weighted by Crippen LogP contribution is -2.65. The molecule has 0 bridgehead atoms. The van der Waals surface area contributed by atoms with Crippen LogP contribution in [0.5, 0.6) is 0 Å². The fraction of sp³-hybridized carbons (Fsp3) is 0.887. The Morgan fingerprint density at radius 3 is 1.13 bits per heavy atom. The van der Waals surface area contributed by atoms with Crippen molar-refractivity contribution in [1.82, 2.24) is 5.32 Å². The second kappa shape index (κ2) is 64.3. The number of carbonyl (C=O) groups excluding carboxylic acids is 1. The first-order valence-corrected chi connectivity index (χ1v) is 39.9. The summed E-state index contributed by atoms with van der Waals surface area (Å²) in [7, 11) is 0. The highest BCUT2D eigenvalue weighted by molar-refractivity contribution is 5.76. The van der Waals surface area contributed by atoms with Crippen LogP contribution in [0.3, 0.4) is 0 Å². The highest BCUT2D eigenvalue weighted by Crippen LogP contribution is 2.30. The number of nitrogens with one attached hydrogen (secondary N) is 1. The zero-order chi connectivity index (χ0) is 68.0. The van der Waals surface area contributed by atoms with Gasteiger partial charge in [0.05, 0.1) is 32.0 Å². The van der Waals surface area contributed by atoms with Crippen LogP contribution in [0.4, 0.5) is 0 Å². The lowest BCUT2D eigenvalue weighted by Gasteiger charge is -2.46. The molecule has 9 N–H and O–H groups in total. The Morgan fingerprint density at radius 2 is 0.734 bits per heavy atom. The molecule has 0 aromatic rings. The van der Waals surface area contributed by atoms with E-state index >= 15 is 0 Å². The summed E-state index contributed by atoms with van der Waals surface area (Å²) in [5.74, 6) is -0.198. The van der Waals surface area contributed by atoms with Crippen molar-refractivity contribution in [2.45, 2.75) is 434 Å². The molecule has 0 aromatic carbocycles. The van der Waals surface area contributed by atoms with E-state index in [0.717, 1.165) is 77.0 Å². The highest BCUT2D eigenvalue weighted by atomic mass is 16.7. The third-order valence-corrected chi connectivity index (χ3v) is 19.6. The molecule has 2 aliphatic heterocycles. The molecule has 94 heavy (non-hydrogen) atoms. The topological polar surface area (TPSA) is 228 Å². The van der Waals surface area contributed by atoms with Crippen molar-refractivity contribution in [3.05, 3.63) is 48.6 Å². The van der Waals surface area contributed by atoms with Gasteiger partial charge in [0.1, 0.15) is 48.8 Å². The first kappa shape index (κ1) is 88.0. The highest BCUT2D eigenvalue weighted by Gasteiger charge is 2.51. The monoisotopic (exact) mass is 1330 g/mol. The van der Waals surface area contributed by atoms with Crippen LogP contribution in [-0.2, 0) is 23.7 Å². The third kappa shape index (κ3) is 47.1. The molecule has 2 aliphatic rings. The minimum atomic E-state index is -1.78. The molecule has 0 radical (unpaired) electrons. The lowest BCUT2D eigenvalue weighted by atomic mass is 9.97. The maximum atomic E-state index is 13.4. The molecule has 0 aliphatic carbocycles. The summed E-state index contributed by atoms with van der Waals surface area (Å²) in [5.41, 5.74) is 0. The number of amides is 1. The van der Waals surface area contributed by atoms with Gasteiger partial charge in [0.15, 0.2) is 12.6 Å². The largest absolute Gasteiger partial charge is 0.394 e. The quantitative estimate of drug-likeness (QED) is 0.0204. The summed E-state index contributed by atoms with van der Waals surface area (Å²) >= 11 is 0. The second-order valence-electron chi connectivity index (χ2n) is 28.2. The van der Waals surface area contributed by atoms with Gasteiger partial charge < -0.3 is 65.1 Å². The zero-order valence-electron chi connectivity index (χ0n) is 60.5. The molecule has 2 heterocycles. The minimum Gasteiger partial charge on any atom is -0.394 e. The normalized spacial score (nSPS) is 22.7. The van der Waals surface area contributed by atoms with Crippen LogP contribution in [-0.4, -0.2) is 140 Å². The average molecular weight is 1330 g/mol. The molecule has 2 fully saturated rings. The van der Waals surface area contributed by atoms with Gasteiger partial charge in [-0.05, 0) is 51.4 Å². The van der Waals surface area contributed by atoms with E-state index in [2.05, 4.69) is 67.8 Å². The molecule has 14 nitrogen and oxygen atoms in total. The fourth-order valence-corrected chi connectivity index (χ4v) is 13.3. The summed E-state index contributed by atoms with van der Waals surface area (Å²) in [6.07, 6.45) is 68.7. The van der Waals surface area contributed by atoms with Gasteiger partial charge in [0, 0.05) is 6.42 Å². The zero-order valence-corrected chi connectivity index (χ0v) is 60.5. The Kier molecular flexibility index (Phi) is 60.3. The molecule has 0 spiro atoms. The molecular formula is C80H149NO13. The van der Waals surface area contributed by atoms with Crippen molar-refractivity contribution in [2.24, 2.45) is 0 Å². The van der Waals surface area contributed by atoms with Crippen molar-refractivity contribution in [2.75, 3.05) is 19.8 Å². The van der Waals surface area contributed by atoms with Crippen LogP contribution >= 0.6 is 0 Å². The van der Waals surface area contributed by atoms with Crippen molar-refractivity contribution < 1.29 is 64.6 Å². The molecular weight excluding hydrogens is 1180 g/mol. The van der Waals surface area contributed by atoms with E-state index in [1.165, 1.54) is 257 Å². The number of hydrogen-bond acceptors (Lipinski definition) is 13. The smallest absolute Gasteiger partial charge is 0.220 e. The number of rotatable bonds is 67. The fourth-order valence-electron chi connectivity index (χ4n) is 13.3. The summed E-state index contributed by atoms with van der Waals surface area (Å²) in [5, 5.41) is 87.8. The second-order valence-corrected chi connectivity index (χ2v) is 28.2. The van der Waals surface area contributed by atoms with Crippen molar-refractivity contribution in [3.63, 3.8) is 0 Å². The lowest BCUT2D eigenvalue weighted by molar-refractivity contribution is -0.359. The molecule has 2 rings (SSSR count). The number of ether oxygens (including phenoxy) is 4. The van der Waals surface area contributed by atoms with Gasteiger partial charge in [-0.1, -0.05) is 351 Å². The van der Waals surface area contributed by atoms with E-state index in [0.29, 0.717) is 12.8 Å². The van der Waals surface area contributed by atoms with E-state index in [9.17, 15) is 45.6 Å². The van der Waals surface area contributed by atoms with Crippen LogP contribution < -0.4 is 5.32 Å². The molecule has 0 saturated carbocycles. The van der Waals surface area contributed by atoms with Crippen LogP contribution in [0.15, 0.2) is 48.6 Å². The summed E-state index contributed by atoms with van der Waals surface area (Å²) in [6.45, 7) is 2.81. The van der Waals surface area contributed by atoms with Gasteiger partial charge in [-0.25, -0.2) is 0 Å². The summed E-state index contributed by atoms with van der Waals surface area (Å²) in [4.78, 5) is 13.4. The standard InChI is InChI=1S/C80H149NO13/c1-3-5-7-9-11-13-15-17-19-21-23-25-26-27-28-29-30-31-32-33-34-35-36-37-38-39-40-41-42-44-46-48-50-52-54-56-58-60-62-64-72(85)81-68(69(84)63-61-59-57-55-53-51-49-47-45-43-24-22-20-18-16-14-12-10-8-6-4-2)67-91-79-77(90)75(88)78(71(66-83)93-79)94-80-76(89)74(87)73(86)70(65-82)92-80/h5,7,11,13,17,19,23,25,68-71,73-80,82-84,86-90H,3-4,6,8-10,12,14-16,18,20-22,24,26-67H2,1-2H3,(H,81,85)/b7-5-,13-11-,19-17-,25-23-. The average Bonchev–Trinajstić information content (AvgIpc) is 0.794. The molecule has 1 amide bonds. The number of carbonyl (C=O) groups is 1. The van der Waals surface area contributed by atoms with Crippen LogP contribution in [0.1, 0.15) is 361 Å². The molecule has 0 aromatic heterocycles. The Bertz CT molecular complexity index is 1760. The Labute approximate surface area is 575 Å². The van der Waals surface area contributed by atoms with Gasteiger partial charge in [-0.3, -0.25) is 4.79 Å². The number of unbranched alkanes of at least 4 members (excludes halogenated alkanes) is 46. The Balaban J connectivity index is 1.56. The molecule has 2 saturated heterocycles. The van der Waals surface area contributed by atoms with Gasteiger partial charge in [-0.2, -0.15) is 0 Å². The third-order valence-electron chi connectivity index (χ3n) is 19.6. The molecule has 552 valence electrons. The maximum Gasteiger partial charge on any atom is 0.220 e. The number of allylic oxidation sites excluding steroid dienone is 8. The minimum absolute atomic E-state index is 0.198. The molecule has 12 unspecified atom stereocenters. The van der Waals surface area contributed by atoms with Gasteiger partial charge in [0.25, 0.3) is 0 Å². The van der Waals surface area contributed by atoms with E-state index in [-0.39, 0.29) is 12.5 Å². The Morgan fingerprint density at radius 1 is 0.394 bits per heavy atom. The van der Waals surface area contributed by atoms with E-state index in [1.54, 1.807) is 0 Å². The maximum absolute atomic E-state index is 13.4. The predicted molar refractivity (Wildman–Crippen MR) is 388 cm³/mol. The number of hydrogen-bond donors (Lipinski definition) is 9. The van der Waals surface area contributed by atoms with E-state index in [4.69, 9.17) is 18.9 Å². The summed E-state index contributed by atoms with van der Waals surface area (Å²) < 4.78 is 23.0. The van der Waals surface area contributed by atoms with Crippen LogP contribution in [0, 0.1) is 0 Å². The van der Waals surface area contributed by atoms with Crippen molar-refractivity contribution >= 4 is 5.91 Å². The van der Waals surface area contributed by atoms with Crippen LogP contribution in [0.2, 0.25) is 0 Å². The van der Waals surface area contributed by atoms with E-state index in [1.807, 2.05) is 0 Å². The van der Waals surface area contributed by atoms with E-state index < -0.39 is 86.8 Å². The van der Waals surface area contributed by atoms with Crippen molar-refractivity contribution in [1.29, 1.82) is 0 Å². The molecule has 12 atom stereocenters.